The second kappa shape index (κ2) is 5.38. The highest BCUT2D eigenvalue weighted by atomic mass is 35.5. The Hall–Kier alpha value is -0.280. The molecule has 2 unspecified atom stereocenters. The molecular weight excluding hydrogens is 269 g/mol. The highest BCUT2D eigenvalue weighted by Gasteiger charge is 2.31. The zero-order valence-corrected chi connectivity index (χ0v) is 11.7. The quantitative estimate of drug-likeness (QED) is 0.908. The van der Waals surface area contributed by atoms with Gasteiger partial charge in [-0.15, -0.1) is 0 Å². The summed E-state index contributed by atoms with van der Waals surface area (Å²) < 4.78 is 5.86. The summed E-state index contributed by atoms with van der Waals surface area (Å²) in [5, 5.41) is 4.95. The van der Waals surface area contributed by atoms with Gasteiger partial charge in [-0.3, -0.25) is 0 Å². The van der Waals surface area contributed by atoms with E-state index in [9.17, 15) is 0 Å². The van der Waals surface area contributed by atoms with Crippen LogP contribution in [0.5, 0.6) is 0 Å². The summed E-state index contributed by atoms with van der Waals surface area (Å²) >= 11 is 12.1. The van der Waals surface area contributed by atoms with Gasteiger partial charge in [0.15, 0.2) is 0 Å². The maximum atomic E-state index is 6.06. The number of benzene rings is 1. The van der Waals surface area contributed by atoms with Crippen LogP contribution in [0.4, 0.5) is 0 Å². The number of rotatable bonds is 4. The van der Waals surface area contributed by atoms with Crippen LogP contribution in [0.1, 0.15) is 30.9 Å². The Balaban J connectivity index is 1.71. The van der Waals surface area contributed by atoms with Crippen molar-refractivity contribution < 1.29 is 4.74 Å². The molecule has 1 aliphatic heterocycles. The Morgan fingerprint density at radius 2 is 1.83 bits per heavy atom. The first kappa shape index (κ1) is 12.7. The molecule has 0 aromatic heterocycles. The number of hydrogen-bond acceptors (Lipinski definition) is 2. The highest BCUT2D eigenvalue weighted by molar-refractivity contribution is 6.34. The van der Waals surface area contributed by atoms with E-state index < -0.39 is 0 Å². The predicted molar refractivity (Wildman–Crippen MR) is 74.3 cm³/mol. The average molecular weight is 286 g/mol. The fraction of sp³-hybridized carbons (Fsp3) is 0.571. The third-order valence-electron chi connectivity index (χ3n) is 3.67. The molecule has 1 saturated heterocycles. The lowest BCUT2D eigenvalue weighted by molar-refractivity contribution is 0.0904. The van der Waals surface area contributed by atoms with Crippen molar-refractivity contribution in [1.82, 2.24) is 5.32 Å². The molecule has 1 saturated carbocycles. The van der Waals surface area contributed by atoms with E-state index >= 15 is 0 Å². The highest BCUT2D eigenvalue weighted by Crippen LogP contribution is 2.37. The minimum atomic E-state index is 0.132. The second-order valence-electron chi connectivity index (χ2n) is 5.23. The number of ether oxygens (including phenoxy) is 1. The van der Waals surface area contributed by atoms with Gasteiger partial charge in [0, 0.05) is 35.2 Å². The van der Waals surface area contributed by atoms with E-state index in [4.69, 9.17) is 27.9 Å². The van der Waals surface area contributed by atoms with Crippen molar-refractivity contribution in [3.05, 3.63) is 33.8 Å². The first-order chi connectivity index (χ1) is 8.72. The van der Waals surface area contributed by atoms with Gasteiger partial charge < -0.3 is 10.1 Å². The summed E-state index contributed by atoms with van der Waals surface area (Å²) in [5.41, 5.74) is 1.10. The number of nitrogens with one attached hydrogen (secondary N) is 1. The van der Waals surface area contributed by atoms with Crippen LogP contribution in [0.15, 0.2) is 18.2 Å². The van der Waals surface area contributed by atoms with E-state index in [1.165, 1.54) is 12.8 Å². The SMILES string of the molecule is Clc1cc(Cl)cc(C2OCCC2CNC2CC2)c1. The van der Waals surface area contributed by atoms with Crippen LogP contribution in [0.3, 0.4) is 0 Å². The summed E-state index contributed by atoms with van der Waals surface area (Å²) in [6.45, 7) is 1.85. The molecule has 0 spiro atoms. The summed E-state index contributed by atoms with van der Waals surface area (Å²) in [7, 11) is 0. The molecule has 2 nitrogen and oxygen atoms in total. The van der Waals surface area contributed by atoms with Crippen LogP contribution >= 0.6 is 23.2 Å². The van der Waals surface area contributed by atoms with Crippen molar-refractivity contribution in [2.24, 2.45) is 5.92 Å². The lowest BCUT2D eigenvalue weighted by atomic mass is 9.95. The molecular formula is C14H17Cl2NO. The molecule has 1 aliphatic carbocycles. The fourth-order valence-electron chi connectivity index (χ4n) is 2.56. The lowest BCUT2D eigenvalue weighted by Crippen LogP contribution is -2.26. The van der Waals surface area contributed by atoms with Crippen LogP contribution in [-0.2, 0) is 4.74 Å². The topological polar surface area (TPSA) is 21.3 Å². The van der Waals surface area contributed by atoms with E-state index in [0.29, 0.717) is 16.0 Å². The molecule has 2 aliphatic rings. The summed E-state index contributed by atoms with van der Waals surface area (Å²) in [4.78, 5) is 0. The van der Waals surface area contributed by atoms with E-state index in [1.807, 2.05) is 12.1 Å². The van der Waals surface area contributed by atoms with Crippen LogP contribution < -0.4 is 5.32 Å². The predicted octanol–water partition coefficient (Wildman–Crippen LogP) is 3.82. The van der Waals surface area contributed by atoms with Crippen molar-refractivity contribution >= 4 is 23.2 Å². The monoisotopic (exact) mass is 285 g/mol. The molecule has 1 heterocycles. The molecule has 2 fully saturated rings. The third kappa shape index (κ3) is 3.00. The molecule has 0 amide bonds. The van der Waals surface area contributed by atoms with Gasteiger partial charge in [0.25, 0.3) is 0 Å². The third-order valence-corrected chi connectivity index (χ3v) is 4.11. The molecule has 1 aromatic carbocycles. The standard InChI is InChI=1S/C14H17Cl2NO/c15-11-5-10(6-12(16)7-11)14-9(3-4-18-14)8-17-13-1-2-13/h5-7,9,13-14,17H,1-4,8H2. The molecule has 3 rings (SSSR count). The molecule has 98 valence electrons. The normalized spacial score (nSPS) is 27.7. The maximum Gasteiger partial charge on any atom is 0.0867 e. The largest absolute Gasteiger partial charge is 0.373 e. The van der Waals surface area contributed by atoms with E-state index in [-0.39, 0.29) is 6.10 Å². The Kier molecular flexibility index (Phi) is 3.81. The van der Waals surface area contributed by atoms with Gasteiger partial charge in [0.2, 0.25) is 0 Å². The van der Waals surface area contributed by atoms with Crippen molar-refractivity contribution in [2.75, 3.05) is 13.2 Å². The van der Waals surface area contributed by atoms with Crippen LogP contribution in [0.25, 0.3) is 0 Å². The first-order valence-electron chi connectivity index (χ1n) is 6.53. The van der Waals surface area contributed by atoms with Crippen molar-refractivity contribution in [3.63, 3.8) is 0 Å². The van der Waals surface area contributed by atoms with Gasteiger partial charge in [-0.2, -0.15) is 0 Å². The second-order valence-corrected chi connectivity index (χ2v) is 6.10. The molecule has 0 radical (unpaired) electrons. The van der Waals surface area contributed by atoms with Gasteiger partial charge in [-0.25, -0.2) is 0 Å². The van der Waals surface area contributed by atoms with E-state index in [1.54, 1.807) is 6.07 Å². The Morgan fingerprint density at radius 1 is 1.11 bits per heavy atom. The van der Waals surface area contributed by atoms with Crippen molar-refractivity contribution in [1.29, 1.82) is 0 Å². The number of halogens is 2. The molecule has 1 N–H and O–H groups in total. The first-order valence-corrected chi connectivity index (χ1v) is 7.29. The Bertz CT molecular complexity index is 414. The molecule has 1 aromatic rings. The number of hydrogen-bond donors (Lipinski definition) is 1. The fourth-order valence-corrected chi connectivity index (χ4v) is 3.10. The Morgan fingerprint density at radius 3 is 2.50 bits per heavy atom. The van der Waals surface area contributed by atoms with Crippen LogP contribution in [0, 0.1) is 5.92 Å². The molecule has 2 atom stereocenters. The van der Waals surface area contributed by atoms with Gasteiger partial charge in [-0.1, -0.05) is 23.2 Å². The lowest BCUT2D eigenvalue weighted by Gasteiger charge is -2.20. The van der Waals surface area contributed by atoms with Crippen molar-refractivity contribution in [3.8, 4) is 0 Å². The van der Waals surface area contributed by atoms with E-state index in [2.05, 4.69) is 5.32 Å². The summed E-state index contributed by atoms with van der Waals surface area (Å²) in [6, 6.07) is 6.44. The molecule has 4 heteroatoms. The molecule has 0 bridgehead atoms. The van der Waals surface area contributed by atoms with Gasteiger partial charge in [0.1, 0.15) is 0 Å². The zero-order valence-electron chi connectivity index (χ0n) is 10.2. The van der Waals surface area contributed by atoms with Crippen LogP contribution in [-0.4, -0.2) is 19.2 Å². The summed E-state index contributed by atoms with van der Waals surface area (Å²) in [6.07, 6.45) is 3.88. The van der Waals surface area contributed by atoms with Crippen molar-refractivity contribution in [2.45, 2.75) is 31.4 Å². The molecule has 18 heavy (non-hydrogen) atoms. The van der Waals surface area contributed by atoms with Gasteiger partial charge in [0.05, 0.1) is 6.10 Å². The minimum absolute atomic E-state index is 0.132. The van der Waals surface area contributed by atoms with Gasteiger partial charge in [-0.05, 0) is 43.0 Å². The van der Waals surface area contributed by atoms with E-state index in [0.717, 1.165) is 31.2 Å². The summed E-state index contributed by atoms with van der Waals surface area (Å²) in [5.74, 6) is 0.528. The average Bonchev–Trinajstić information content (AvgIpc) is 3.02. The van der Waals surface area contributed by atoms with Crippen LogP contribution in [0.2, 0.25) is 10.0 Å². The smallest absolute Gasteiger partial charge is 0.0867 e. The minimum Gasteiger partial charge on any atom is -0.373 e. The van der Waals surface area contributed by atoms with Gasteiger partial charge >= 0.3 is 0 Å². The zero-order chi connectivity index (χ0) is 12.5. The Labute approximate surface area is 118 Å². The maximum absolute atomic E-state index is 6.06.